The van der Waals surface area contributed by atoms with Crippen LogP contribution in [0.4, 0.5) is 5.82 Å². The quantitative estimate of drug-likeness (QED) is 0.468. The standard InChI is InChI=1S/C22H18Cl2N6O/c23-16-4-1-3-15(11-16)22(31)29-9-7-28(8-10-29)20-19-13-27-30(21(19)26-14-25-20)18-6-2-5-17(24)12-18/h1-6,11-14H,7-10H2. The Morgan fingerprint density at radius 3 is 2.39 bits per heavy atom. The minimum atomic E-state index is -0.0104. The van der Waals surface area contributed by atoms with E-state index in [1.165, 1.54) is 0 Å². The zero-order valence-corrected chi connectivity index (χ0v) is 18.0. The number of carbonyl (C=O) groups is 1. The maximum Gasteiger partial charge on any atom is 0.254 e. The van der Waals surface area contributed by atoms with Crippen LogP contribution >= 0.6 is 23.2 Å². The molecule has 0 saturated carbocycles. The van der Waals surface area contributed by atoms with E-state index in [-0.39, 0.29) is 5.91 Å². The van der Waals surface area contributed by atoms with Gasteiger partial charge in [0.1, 0.15) is 12.1 Å². The first-order valence-corrected chi connectivity index (χ1v) is 10.6. The number of carbonyl (C=O) groups excluding carboxylic acids is 1. The Labute approximate surface area is 188 Å². The number of hydrogen-bond acceptors (Lipinski definition) is 5. The van der Waals surface area contributed by atoms with Crippen LogP contribution in [0.15, 0.2) is 61.1 Å². The Balaban J connectivity index is 1.37. The van der Waals surface area contributed by atoms with E-state index in [0.717, 1.165) is 16.9 Å². The van der Waals surface area contributed by atoms with Gasteiger partial charge in [0, 0.05) is 41.8 Å². The van der Waals surface area contributed by atoms with Crippen LogP contribution in [0, 0.1) is 0 Å². The molecule has 0 spiro atoms. The average Bonchev–Trinajstić information content (AvgIpc) is 3.23. The second kappa shape index (κ2) is 8.17. The molecule has 156 valence electrons. The van der Waals surface area contributed by atoms with Gasteiger partial charge in [0.15, 0.2) is 5.65 Å². The van der Waals surface area contributed by atoms with Crippen LogP contribution in [0.1, 0.15) is 10.4 Å². The molecule has 1 saturated heterocycles. The summed E-state index contributed by atoms with van der Waals surface area (Å²) >= 11 is 12.2. The van der Waals surface area contributed by atoms with Crippen molar-refractivity contribution < 1.29 is 4.79 Å². The summed E-state index contributed by atoms with van der Waals surface area (Å²) in [7, 11) is 0. The fourth-order valence-corrected chi connectivity index (χ4v) is 4.18. The first-order chi connectivity index (χ1) is 15.1. The molecule has 0 radical (unpaired) electrons. The first kappa shape index (κ1) is 19.8. The number of anilines is 1. The van der Waals surface area contributed by atoms with E-state index < -0.39 is 0 Å². The highest BCUT2D eigenvalue weighted by atomic mass is 35.5. The van der Waals surface area contributed by atoms with Crippen LogP contribution in [0.3, 0.4) is 0 Å². The Morgan fingerprint density at radius 2 is 1.65 bits per heavy atom. The van der Waals surface area contributed by atoms with Crippen LogP contribution in [0.2, 0.25) is 10.0 Å². The van der Waals surface area contributed by atoms with E-state index in [9.17, 15) is 4.79 Å². The molecule has 4 aromatic rings. The molecular formula is C22H18Cl2N6O. The van der Waals surface area contributed by atoms with Crippen molar-refractivity contribution in [2.45, 2.75) is 0 Å². The van der Waals surface area contributed by atoms with Gasteiger partial charge in [0.2, 0.25) is 0 Å². The minimum Gasteiger partial charge on any atom is -0.352 e. The number of fused-ring (bicyclic) bond motifs is 1. The SMILES string of the molecule is O=C(c1cccc(Cl)c1)N1CCN(c2ncnc3c2cnn3-c2cccc(Cl)c2)CC1. The second-order valence-corrected chi connectivity index (χ2v) is 8.13. The molecule has 31 heavy (non-hydrogen) atoms. The lowest BCUT2D eigenvalue weighted by atomic mass is 10.2. The van der Waals surface area contributed by atoms with Gasteiger partial charge in [-0.15, -0.1) is 0 Å². The highest BCUT2D eigenvalue weighted by molar-refractivity contribution is 6.31. The van der Waals surface area contributed by atoms with Crippen molar-refractivity contribution in [1.29, 1.82) is 0 Å². The van der Waals surface area contributed by atoms with E-state index in [4.69, 9.17) is 23.2 Å². The molecule has 5 rings (SSSR count). The molecule has 0 unspecified atom stereocenters. The molecule has 0 aliphatic carbocycles. The fraction of sp³-hybridized carbons (Fsp3) is 0.182. The summed E-state index contributed by atoms with van der Waals surface area (Å²) in [5.74, 6) is 0.803. The molecule has 0 atom stereocenters. The van der Waals surface area contributed by atoms with Gasteiger partial charge in [-0.2, -0.15) is 5.10 Å². The van der Waals surface area contributed by atoms with E-state index >= 15 is 0 Å². The molecule has 1 amide bonds. The second-order valence-electron chi connectivity index (χ2n) is 7.26. The molecule has 9 heteroatoms. The molecule has 7 nitrogen and oxygen atoms in total. The monoisotopic (exact) mass is 452 g/mol. The molecule has 1 aliphatic rings. The van der Waals surface area contributed by atoms with Gasteiger partial charge < -0.3 is 9.80 Å². The molecule has 1 fully saturated rings. The van der Waals surface area contributed by atoms with Gasteiger partial charge in [-0.1, -0.05) is 35.3 Å². The van der Waals surface area contributed by atoms with Crippen LogP contribution < -0.4 is 4.90 Å². The number of amides is 1. The number of nitrogens with zero attached hydrogens (tertiary/aromatic N) is 6. The van der Waals surface area contributed by atoms with Crippen molar-refractivity contribution in [2.24, 2.45) is 0 Å². The molecule has 1 aliphatic heterocycles. The normalized spacial score (nSPS) is 14.3. The van der Waals surface area contributed by atoms with Crippen LogP contribution in [-0.4, -0.2) is 56.7 Å². The van der Waals surface area contributed by atoms with Gasteiger partial charge in [0.25, 0.3) is 5.91 Å². The lowest BCUT2D eigenvalue weighted by Crippen LogP contribution is -2.49. The predicted molar refractivity (Wildman–Crippen MR) is 121 cm³/mol. The van der Waals surface area contributed by atoms with Gasteiger partial charge in [-0.25, -0.2) is 14.6 Å². The van der Waals surface area contributed by atoms with E-state index in [1.807, 2.05) is 29.2 Å². The van der Waals surface area contributed by atoms with E-state index in [0.29, 0.717) is 47.4 Å². The molecule has 0 N–H and O–H groups in total. The summed E-state index contributed by atoms with van der Waals surface area (Å²) in [5, 5.41) is 6.56. The van der Waals surface area contributed by atoms with Crippen molar-refractivity contribution in [3.63, 3.8) is 0 Å². The van der Waals surface area contributed by atoms with Crippen molar-refractivity contribution in [2.75, 3.05) is 31.1 Å². The number of piperazine rings is 1. The van der Waals surface area contributed by atoms with Crippen molar-refractivity contribution in [3.8, 4) is 5.69 Å². The van der Waals surface area contributed by atoms with E-state index in [1.54, 1.807) is 41.5 Å². The fourth-order valence-electron chi connectivity index (χ4n) is 3.81. The molecular weight excluding hydrogens is 435 g/mol. The summed E-state index contributed by atoms with van der Waals surface area (Å²) < 4.78 is 1.76. The highest BCUT2D eigenvalue weighted by Gasteiger charge is 2.25. The Morgan fingerprint density at radius 1 is 0.903 bits per heavy atom. The summed E-state index contributed by atoms with van der Waals surface area (Å²) in [5.41, 5.74) is 2.15. The largest absolute Gasteiger partial charge is 0.352 e. The summed E-state index contributed by atoms with van der Waals surface area (Å²) in [6.07, 6.45) is 3.32. The summed E-state index contributed by atoms with van der Waals surface area (Å²) in [6.45, 7) is 2.53. The number of rotatable bonds is 3. The zero-order chi connectivity index (χ0) is 21.4. The molecule has 0 bridgehead atoms. The summed E-state index contributed by atoms with van der Waals surface area (Å²) in [4.78, 5) is 25.7. The zero-order valence-electron chi connectivity index (χ0n) is 16.4. The third kappa shape index (κ3) is 3.82. The van der Waals surface area contributed by atoms with Crippen LogP contribution in [0.25, 0.3) is 16.7 Å². The maximum absolute atomic E-state index is 12.8. The molecule has 3 heterocycles. The lowest BCUT2D eigenvalue weighted by molar-refractivity contribution is 0.0746. The van der Waals surface area contributed by atoms with Gasteiger partial charge in [-0.05, 0) is 36.4 Å². The highest BCUT2D eigenvalue weighted by Crippen LogP contribution is 2.26. The summed E-state index contributed by atoms with van der Waals surface area (Å²) in [6, 6.07) is 14.5. The Hall–Kier alpha value is -3.16. The van der Waals surface area contributed by atoms with E-state index in [2.05, 4.69) is 20.0 Å². The van der Waals surface area contributed by atoms with Gasteiger partial charge >= 0.3 is 0 Å². The lowest BCUT2D eigenvalue weighted by Gasteiger charge is -2.35. The smallest absolute Gasteiger partial charge is 0.254 e. The van der Waals surface area contributed by atoms with Gasteiger partial charge in [0.05, 0.1) is 17.3 Å². The Bertz CT molecular complexity index is 1270. The molecule has 2 aromatic heterocycles. The topological polar surface area (TPSA) is 67.2 Å². The van der Waals surface area contributed by atoms with Crippen molar-refractivity contribution >= 4 is 46.0 Å². The van der Waals surface area contributed by atoms with Crippen LogP contribution in [0.5, 0.6) is 0 Å². The van der Waals surface area contributed by atoms with Crippen molar-refractivity contribution in [1.82, 2.24) is 24.6 Å². The van der Waals surface area contributed by atoms with Crippen molar-refractivity contribution in [3.05, 3.63) is 76.7 Å². The number of hydrogen-bond donors (Lipinski definition) is 0. The third-order valence-corrected chi connectivity index (χ3v) is 5.81. The van der Waals surface area contributed by atoms with Gasteiger partial charge in [-0.3, -0.25) is 4.79 Å². The maximum atomic E-state index is 12.8. The Kier molecular flexibility index (Phi) is 5.21. The average molecular weight is 453 g/mol. The number of aromatic nitrogens is 4. The number of benzene rings is 2. The predicted octanol–water partition coefficient (Wildman–Crippen LogP) is 4.08. The third-order valence-electron chi connectivity index (χ3n) is 5.34. The molecule has 2 aromatic carbocycles. The minimum absolute atomic E-state index is 0.0104. The number of halogens is 2. The first-order valence-electron chi connectivity index (χ1n) is 9.84. The van der Waals surface area contributed by atoms with Crippen LogP contribution in [-0.2, 0) is 0 Å².